The first-order valence-corrected chi connectivity index (χ1v) is 7.54. The second-order valence-electron chi connectivity index (χ2n) is 5.86. The second-order valence-corrected chi connectivity index (χ2v) is 5.86. The standard InChI is InChI=1S/C16H18N4O5/c1-9(2)11(16(25)13(22)18-15(24)19-14(16)23)8-17-20-12(21)10-6-4-3-5-7-10/h3-9,11,25H,1-2H3,(H,20,21)(H2,18,19,22,23,24)/b17-8+. The highest BCUT2D eigenvalue weighted by molar-refractivity contribution is 6.22. The first-order valence-electron chi connectivity index (χ1n) is 7.54. The average molecular weight is 346 g/mol. The largest absolute Gasteiger partial charge is 0.371 e. The lowest BCUT2D eigenvalue weighted by Gasteiger charge is -2.35. The molecule has 5 amide bonds. The van der Waals surface area contributed by atoms with Gasteiger partial charge in [-0.3, -0.25) is 25.0 Å². The zero-order chi connectivity index (χ0) is 18.6. The first kappa shape index (κ1) is 18.3. The van der Waals surface area contributed by atoms with Crippen LogP contribution in [0, 0.1) is 11.8 Å². The lowest BCUT2D eigenvalue weighted by molar-refractivity contribution is -0.159. The molecule has 1 fully saturated rings. The molecule has 1 unspecified atom stereocenters. The summed E-state index contributed by atoms with van der Waals surface area (Å²) in [5, 5.41) is 18.0. The highest BCUT2D eigenvalue weighted by Crippen LogP contribution is 2.26. The summed E-state index contributed by atoms with van der Waals surface area (Å²) in [6.07, 6.45) is 1.11. The highest BCUT2D eigenvalue weighted by Gasteiger charge is 2.55. The number of amides is 5. The van der Waals surface area contributed by atoms with Gasteiger partial charge in [0, 0.05) is 17.7 Å². The van der Waals surface area contributed by atoms with E-state index in [4.69, 9.17) is 0 Å². The Kier molecular flexibility index (Phi) is 5.28. The van der Waals surface area contributed by atoms with E-state index in [1.807, 2.05) is 10.6 Å². The van der Waals surface area contributed by atoms with Gasteiger partial charge in [-0.1, -0.05) is 32.0 Å². The maximum absolute atomic E-state index is 12.0. The summed E-state index contributed by atoms with van der Waals surface area (Å²) in [5.41, 5.74) is 0.131. The van der Waals surface area contributed by atoms with Gasteiger partial charge in [0.1, 0.15) is 0 Å². The van der Waals surface area contributed by atoms with Crippen molar-refractivity contribution in [2.75, 3.05) is 0 Å². The maximum atomic E-state index is 12.0. The van der Waals surface area contributed by atoms with Crippen LogP contribution in [-0.4, -0.2) is 40.7 Å². The lowest BCUT2D eigenvalue weighted by atomic mass is 9.78. The highest BCUT2D eigenvalue weighted by atomic mass is 16.3. The van der Waals surface area contributed by atoms with Gasteiger partial charge < -0.3 is 5.11 Å². The van der Waals surface area contributed by atoms with Crippen molar-refractivity contribution in [3.63, 3.8) is 0 Å². The molecule has 0 aromatic heterocycles. The minimum atomic E-state index is -2.51. The van der Waals surface area contributed by atoms with Gasteiger partial charge in [0.2, 0.25) is 5.60 Å². The number of rotatable bonds is 5. The summed E-state index contributed by atoms with van der Waals surface area (Å²) in [6.45, 7) is 3.31. The van der Waals surface area contributed by atoms with Crippen molar-refractivity contribution < 1.29 is 24.3 Å². The molecule has 0 saturated carbocycles. The number of carbonyl (C=O) groups excluding carboxylic acids is 4. The van der Waals surface area contributed by atoms with E-state index in [1.54, 1.807) is 44.2 Å². The quantitative estimate of drug-likeness (QED) is 0.332. The Hall–Kier alpha value is -3.07. The van der Waals surface area contributed by atoms with E-state index >= 15 is 0 Å². The third-order valence-corrected chi connectivity index (χ3v) is 3.78. The fourth-order valence-electron chi connectivity index (χ4n) is 2.43. The van der Waals surface area contributed by atoms with E-state index < -0.39 is 41.2 Å². The van der Waals surface area contributed by atoms with Crippen molar-refractivity contribution in [3.8, 4) is 0 Å². The van der Waals surface area contributed by atoms with Crippen LogP contribution in [0.1, 0.15) is 24.2 Å². The van der Waals surface area contributed by atoms with Crippen LogP contribution < -0.4 is 16.1 Å². The molecule has 1 saturated heterocycles. The number of urea groups is 1. The van der Waals surface area contributed by atoms with E-state index in [-0.39, 0.29) is 0 Å². The summed E-state index contributed by atoms with van der Waals surface area (Å²) in [7, 11) is 0. The molecule has 1 heterocycles. The number of benzene rings is 1. The van der Waals surface area contributed by atoms with E-state index in [9.17, 15) is 24.3 Å². The molecule has 1 aliphatic rings. The Morgan fingerprint density at radius 1 is 1.16 bits per heavy atom. The molecule has 132 valence electrons. The molecular weight excluding hydrogens is 328 g/mol. The number of aliphatic hydroxyl groups is 1. The molecule has 4 N–H and O–H groups in total. The van der Waals surface area contributed by atoms with Crippen LogP contribution in [0.2, 0.25) is 0 Å². The van der Waals surface area contributed by atoms with Crippen molar-refractivity contribution >= 4 is 30.0 Å². The van der Waals surface area contributed by atoms with Gasteiger partial charge in [0.05, 0.1) is 0 Å². The molecule has 0 bridgehead atoms. The third kappa shape index (κ3) is 3.72. The topological polar surface area (TPSA) is 137 Å². The number of imide groups is 2. The molecule has 1 aromatic carbocycles. The fraction of sp³-hybridized carbons (Fsp3) is 0.312. The Labute approximate surface area is 143 Å². The predicted molar refractivity (Wildman–Crippen MR) is 87.4 cm³/mol. The molecule has 0 aliphatic carbocycles. The molecule has 2 rings (SSSR count). The van der Waals surface area contributed by atoms with E-state index in [2.05, 4.69) is 10.5 Å². The number of hydrogen-bond acceptors (Lipinski definition) is 6. The number of hydrazone groups is 1. The van der Waals surface area contributed by atoms with Gasteiger partial charge >= 0.3 is 6.03 Å². The summed E-state index contributed by atoms with van der Waals surface area (Å²) >= 11 is 0. The summed E-state index contributed by atoms with van der Waals surface area (Å²) in [4.78, 5) is 47.1. The van der Waals surface area contributed by atoms with Crippen LogP contribution in [-0.2, 0) is 9.59 Å². The van der Waals surface area contributed by atoms with E-state index in [0.717, 1.165) is 6.21 Å². The van der Waals surface area contributed by atoms with Crippen molar-refractivity contribution in [2.24, 2.45) is 16.9 Å². The minimum Gasteiger partial charge on any atom is -0.371 e. The Morgan fingerprint density at radius 2 is 1.72 bits per heavy atom. The Morgan fingerprint density at radius 3 is 2.24 bits per heavy atom. The van der Waals surface area contributed by atoms with Crippen molar-refractivity contribution in [1.29, 1.82) is 0 Å². The van der Waals surface area contributed by atoms with Crippen molar-refractivity contribution in [2.45, 2.75) is 19.4 Å². The Balaban J connectivity index is 2.18. The van der Waals surface area contributed by atoms with Crippen molar-refractivity contribution in [3.05, 3.63) is 35.9 Å². The second kappa shape index (κ2) is 7.22. The van der Waals surface area contributed by atoms with Gasteiger partial charge in [-0.25, -0.2) is 10.2 Å². The van der Waals surface area contributed by atoms with Crippen LogP contribution in [0.5, 0.6) is 0 Å². The minimum absolute atomic E-state index is 0.373. The zero-order valence-corrected chi connectivity index (χ0v) is 13.6. The van der Waals surface area contributed by atoms with Gasteiger partial charge in [-0.2, -0.15) is 5.10 Å². The molecule has 9 heteroatoms. The third-order valence-electron chi connectivity index (χ3n) is 3.78. The smallest absolute Gasteiger partial charge is 0.328 e. The first-order chi connectivity index (χ1) is 11.8. The van der Waals surface area contributed by atoms with E-state index in [0.29, 0.717) is 5.56 Å². The van der Waals surface area contributed by atoms with Crippen LogP contribution in [0.25, 0.3) is 0 Å². The molecule has 25 heavy (non-hydrogen) atoms. The number of barbiturate groups is 1. The van der Waals surface area contributed by atoms with Crippen LogP contribution >= 0.6 is 0 Å². The number of carbonyl (C=O) groups is 4. The normalized spacial score (nSPS) is 18.0. The number of hydrogen-bond donors (Lipinski definition) is 4. The van der Waals surface area contributed by atoms with Gasteiger partial charge in [-0.05, 0) is 18.1 Å². The van der Waals surface area contributed by atoms with Gasteiger partial charge in [-0.15, -0.1) is 0 Å². The molecule has 1 atom stereocenters. The monoisotopic (exact) mass is 346 g/mol. The number of nitrogens with one attached hydrogen (secondary N) is 3. The summed E-state index contributed by atoms with van der Waals surface area (Å²) in [5.74, 6) is -4.23. The maximum Gasteiger partial charge on any atom is 0.328 e. The predicted octanol–water partition coefficient (Wildman–Crippen LogP) is -0.228. The Bertz CT molecular complexity index is 709. The lowest BCUT2D eigenvalue weighted by Crippen LogP contribution is -2.70. The zero-order valence-electron chi connectivity index (χ0n) is 13.6. The fourth-order valence-corrected chi connectivity index (χ4v) is 2.43. The van der Waals surface area contributed by atoms with Crippen LogP contribution in [0.4, 0.5) is 4.79 Å². The number of nitrogens with zero attached hydrogens (tertiary/aromatic N) is 1. The summed E-state index contributed by atoms with van der Waals surface area (Å²) in [6, 6.07) is 7.30. The summed E-state index contributed by atoms with van der Waals surface area (Å²) < 4.78 is 0. The molecular formula is C16H18N4O5. The molecule has 9 nitrogen and oxygen atoms in total. The molecule has 0 radical (unpaired) electrons. The van der Waals surface area contributed by atoms with Gasteiger partial charge in [0.25, 0.3) is 17.7 Å². The molecule has 1 aromatic rings. The van der Waals surface area contributed by atoms with Crippen molar-refractivity contribution in [1.82, 2.24) is 16.1 Å². The average Bonchev–Trinajstić information content (AvgIpc) is 2.56. The molecule has 1 aliphatic heterocycles. The molecule has 0 spiro atoms. The van der Waals surface area contributed by atoms with Crippen LogP contribution in [0.15, 0.2) is 35.4 Å². The van der Waals surface area contributed by atoms with Crippen LogP contribution in [0.3, 0.4) is 0 Å². The van der Waals surface area contributed by atoms with Gasteiger partial charge in [0.15, 0.2) is 0 Å². The SMILES string of the molecule is CC(C)C(/C=N/NC(=O)c1ccccc1)C1(O)C(=O)NC(=O)NC1=O. The van der Waals surface area contributed by atoms with E-state index in [1.165, 1.54) is 0 Å².